The lowest BCUT2D eigenvalue weighted by Gasteiger charge is -2.38. The maximum absolute atomic E-state index is 12.4. The molecule has 128 valence electrons. The average molecular weight is 311 g/mol. The Balaban J connectivity index is 1.36. The molecule has 0 N–H and O–H groups in total. The summed E-state index contributed by atoms with van der Waals surface area (Å²) in [7, 11) is 2.34. The van der Waals surface area contributed by atoms with Crippen LogP contribution >= 0.6 is 0 Å². The summed E-state index contributed by atoms with van der Waals surface area (Å²) in [6.45, 7) is 8.45. The number of fused-ring (bicyclic) bond motifs is 1. The van der Waals surface area contributed by atoms with Gasteiger partial charge < -0.3 is 4.90 Å². The van der Waals surface area contributed by atoms with Crippen LogP contribution in [-0.2, 0) is 0 Å². The molecule has 3 nitrogen and oxygen atoms in total. The fraction of sp³-hybridized carbons (Fsp3) is 1.00. The van der Waals surface area contributed by atoms with Crippen LogP contribution < -0.4 is 0 Å². The molecule has 4 atom stereocenters. The molecule has 0 aromatic heterocycles. The summed E-state index contributed by atoms with van der Waals surface area (Å²) < 4.78 is 12.4. The lowest BCUT2D eigenvalue weighted by atomic mass is 10.1. The van der Waals surface area contributed by atoms with Crippen molar-refractivity contribution in [2.24, 2.45) is 11.8 Å². The van der Waals surface area contributed by atoms with Gasteiger partial charge in [0, 0.05) is 44.8 Å². The minimum atomic E-state index is -0.195. The fourth-order valence-electron chi connectivity index (χ4n) is 4.96. The van der Waals surface area contributed by atoms with E-state index in [0.717, 1.165) is 50.1 Å². The summed E-state index contributed by atoms with van der Waals surface area (Å²) in [5.41, 5.74) is 0. The first-order chi connectivity index (χ1) is 10.7. The Morgan fingerprint density at radius 1 is 1.05 bits per heavy atom. The molecule has 4 heteroatoms. The molecule has 2 unspecified atom stereocenters. The molecule has 2 saturated carbocycles. The van der Waals surface area contributed by atoms with Crippen molar-refractivity contribution in [1.82, 2.24) is 14.7 Å². The van der Waals surface area contributed by atoms with Gasteiger partial charge in [0.15, 0.2) is 0 Å². The van der Waals surface area contributed by atoms with E-state index in [1.165, 1.54) is 38.6 Å². The molecule has 1 aliphatic heterocycles. The number of unbranched alkanes of at least 4 members (excludes halogenated alkanes) is 2. The summed E-state index contributed by atoms with van der Waals surface area (Å²) >= 11 is 0. The molecule has 1 heterocycles. The Bertz CT molecular complexity index is 331. The summed E-state index contributed by atoms with van der Waals surface area (Å²) in [4.78, 5) is 7.60. The van der Waals surface area contributed by atoms with Crippen molar-refractivity contribution in [1.29, 1.82) is 0 Å². The SMILES string of the molecule is CCCCCN(C)C1[C@H]2CC(N3CCN(CCF)CC3)C[C@@H]12. The Morgan fingerprint density at radius 3 is 2.32 bits per heavy atom. The zero-order valence-corrected chi connectivity index (χ0v) is 14.5. The highest BCUT2D eigenvalue weighted by atomic mass is 19.1. The van der Waals surface area contributed by atoms with Gasteiger partial charge in [-0.15, -0.1) is 0 Å². The van der Waals surface area contributed by atoms with Gasteiger partial charge in [-0.1, -0.05) is 19.8 Å². The number of alkyl halides is 1. The molecule has 0 radical (unpaired) electrons. The number of rotatable bonds is 8. The van der Waals surface area contributed by atoms with Crippen LogP contribution in [0.2, 0.25) is 0 Å². The van der Waals surface area contributed by atoms with E-state index in [4.69, 9.17) is 0 Å². The van der Waals surface area contributed by atoms with E-state index < -0.39 is 0 Å². The van der Waals surface area contributed by atoms with Crippen molar-refractivity contribution in [3.8, 4) is 0 Å². The second-order valence-corrected chi connectivity index (χ2v) is 7.70. The van der Waals surface area contributed by atoms with E-state index >= 15 is 0 Å². The third-order valence-electron chi connectivity index (χ3n) is 6.32. The van der Waals surface area contributed by atoms with Crippen molar-refractivity contribution in [2.75, 3.05) is 53.0 Å². The number of piperazine rings is 1. The highest BCUT2D eigenvalue weighted by Crippen LogP contribution is 2.55. The molecule has 3 fully saturated rings. The molecule has 22 heavy (non-hydrogen) atoms. The molecule has 0 aromatic rings. The van der Waals surface area contributed by atoms with Gasteiger partial charge in [-0.05, 0) is 44.7 Å². The minimum absolute atomic E-state index is 0.195. The summed E-state index contributed by atoms with van der Waals surface area (Å²) in [5, 5.41) is 0. The van der Waals surface area contributed by atoms with Crippen LogP contribution in [0.15, 0.2) is 0 Å². The lowest BCUT2D eigenvalue weighted by molar-refractivity contribution is 0.0847. The quantitative estimate of drug-likeness (QED) is 0.638. The van der Waals surface area contributed by atoms with Crippen molar-refractivity contribution < 1.29 is 4.39 Å². The van der Waals surface area contributed by atoms with Gasteiger partial charge in [0.1, 0.15) is 6.67 Å². The normalized spacial score (nSPS) is 36.0. The maximum Gasteiger partial charge on any atom is 0.102 e. The number of hydrogen-bond donors (Lipinski definition) is 0. The Hall–Kier alpha value is -0.190. The van der Waals surface area contributed by atoms with Gasteiger partial charge in [0.25, 0.3) is 0 Å². The highest BCUT2D eigenvalue weighted by molar-refractivity contribution is 5.11. The zero-order chi connectivity index (χ0) is 15.5. The monoisotopic (exact) mass is 311 g/mol. The summed E-state index contributed by atoms with van der Waals surface area (Å²) in [5.74, 6) is 1.95. The predicted molar refractivity (Wildman–Crippen MR) is 89.9 cm³/mol. The van der Waals surface area contributed by atoms with E-state index in [-0.39, 0.29) is 6.67 Å². The molecular formula is C18H34FN3. The molecule has 1 saturated heterocycles. The zero-order valence-electron chi connectivity index (χ0n) is 14.5. The molecular weight excluding hydrogens is 277 g/mol. The summed E-state index contributed by atoms with van der Waals surface area (Å²) in [6.07, 6.45) is 6.88. The molecule has 3 aliphatic rings. The third kappa shape index (κ3) is 3.65. The molecule has 2 aliphatic carbocycles. The molecule has 0 bridgehead atoms. The van der Waals surface area contributed by atoms with Crippen LogP contribution in [0.25, 0.3) is 0 Å². The molecule has 0 aromatic carbocycles. The lowest BCUT2D eigenvalue weighted by Crippen LogP contribution is -2.50. The Morgan fingerprint density at radius 2 is 1.73 bits per heavy atom. The van der Waals surface area contributed by atoms with Gasteiger partial charge in [-0.3, -0.25) is 9.80 Å². The predicted octanol–water partition coefficient (Wildman–Crippen LogP) is 2.47. The van der Waals surface area contributed by atoms with Gasteiger partial charge in [-0.2, -0.15) is 0 Å². The molecule has 3 rings (SSSR count). The minimum Gasteiger partial charge on any atom is -0.303 e. The first kappa shape index (κ1) is 16.7. The first-order valence-corrected chi connectivity index (χ1v) is 9.47. The van der Waals surface area contributed by atoms with Gasteiger partial charge >= 0.3 is 0 Å². The number of nitrogens with zero attached hydrogens (tertiary/aromatic N) is 3. The van der Waals surface area contributed by atoms with Crippen LogP contribution in [0.4, 0.5) is 4.39 Å². The largest absolute Gasteiger partial charge is 0.303 e. The van der Waals surface area contributed by atoms with Crippen LogP contribution in [0.3, 0.4) is 0 Å². The van der Waals surface area contributed by atoms with E-state index in [0.29, 0.717) is 6.54 Å². The van der Waals surface area contributed by atoms with Crippen molar-refractivity contribution in [3.05, 3.63) is 0 Å². The van der Waals surface area contributed by atoms with Crippen molar-refractivity contribution >= 4 is 0 Å². The Kier molecular flexibility index (Phi) is 5.74. The first-order valence-electron chi connectivity index (χ1n) is 9.47. The second kappa shape index (κ2) is 7.59. The maximum atomic E-state index is 12.4. The van der Waals surface area contributed by atoms with E-state index in [2.05, 4.69) is 28.7 Å². The number of halogens is 1. The Labute approximate surface area is 135 Å². The van der Waals surface area contributed by atoms with Crippen LogP contribution in [-0.4, -0.2) is 79.8 Å². The highest BCUT2D eigenvalue weighted by Gasteiger charge is 2.58. The summed E-state index contributed by atoms with van der Waals surface area (Å²) in [6, 6.07) is 1.71. The van der Waals surface area contributed by atoms with E-state index in [1.807, 2.05) is 0 Å². The van der Waals surface area contributed by atoms with E-state index in [9.17, 15) is 4.39 Å². The van der Waals surface area contributed by atoms with Gasteiger partial charge in [-0.25, -0.2) is 4.39 Å². The van der Waals surface area contributed by atoms with E-state index in [1.54, 1.807) is 0 Å². The smallest absolute Gasteiger partial charge is 0.102 e. The molecule has 0 amide bonds. The second-order valence-electron chi connectivity index (χ2n) is 7.70. The fourth-order valence-corrected chi connectivity index (χ4v) is 4.96. The van der Waals surface area contributed by atoms with Gasteiger partial charge in [0.2, 0.25) is 0 Å². The topological polar surface area (TPSA) is 9.72 Å². The third-order valence-corrected chi connectivity index (χ3v) is 6.32. The van der Waals surface area contributed by atoms with Crippen LogP contribution in [0.1, 0.15) is 39.0 Å². The average Bonchev–Trinajstić information content (AvgIpc) is 3.03. The van der Waals surface area contributed by atoms with Crippen molar-refractivity contribution in [2.45, 2.75) is 51.1 Å². The molecule has 0 spiro atoms. The van der Waals surface area contributed by atoms with Crippen LogP contribution in [0, 0.1) is 11.8 Å². The van der Waals surface area contributed by atoms with Crippen molar-refractivity contribution in [3.63, 3.8) is 0 Å². The number of hydrogen-bond acceptors (Lipinski definition) is 3. The van der Waals surface area contributed by atoms with Crippen LogP contribution in [0.5, 0.6) is 0 Å². The standard InChI is InChI=1S/C18H34FN3/c1-3-4-5-7-20(2)18-16-13-15(14-17(16)18)22-11-9-21(8-6-19)10-12-22/h15-18H,3-14H2,1-2H3/t15?,16-,17+,18?. The van der Waals surface area contributed by atoms with Gasteiger partial charge in [0.05, 0.1) is 0 Å².